The average Bonchev–Trinajstić information content (AvgIpc) is 3.17. The molecule has 3 N–H and O–H groups in total. The van der Waals surface area contributed by atoms with Crippen molar-refractivity contribution < 1.29 is 4.79 Å². The van der Waals surface area contributed by atoms with Crippen molar-refractivity contribution in [3.8, 4) is 0 Å². The second kappa shape index (κ2) is 6.27. The van der Waals surface area contributed by atoms with Crippen LogP contribution in [0, 0.1) is 11.8 Å². The summed E-state index contributed by atoms with van der Waals surface area (Å²) in [5.74, 6) is 0.977. The molecule has 2 aliphatic carbocycles. The summed E-state index contributed by atoms with van der Waals surface area (Å²) >= 11 is 1.76. The minimum Gasteiger partial charge on any atom is -0.348 e. The normalized spacial score (nSPS) is 28.6. The lowest BCUT2D eigenvalue weighted by atomic mass is 9.95. The molecule has 1 heterocycles. The monoisotopic (exact) mass is 292 g/mol. The van der Waals surface area contributed by atoms with Crippen molar-refractivity contribution in [1.82, 2.24) is 5.32 Å². The molecule has 0 aromatic carbocycles. The molecule has 110 valence electrons. The minimum absolute atomic E-state index is 0.133. The van der Waals surface area contributed by atoms with Crippen LogP contribution in [0.1, 0.15) is 55.9 Å². The molecule has 20 heavy (non-hydrogen) atoms. The molecule has 2 saturated carbocycles. The molecular weight excluding hydrogens is 268 g/mol. The van der Waals surface area contributed by atoms with Crippen LogP contribution in [0.2, 0.25) is 0 Å². The number of carbonyl (C=O) groups is 1. The molecule has 2 fully saturated rings. The molecule has 0 saturated heterocycles. The first-order valence-electron chi connectivity index (χ1n) is 7.83. The Morgan fingerprint density at radius 2 is 2.10 bits per heavy atom. The van der Waals surface area contributed by atoms with E-state index in [-0.39, 0.29) is 23.9 Å². The van der Waals surface area contributed by atoms with Gasteiger partial charge in [-0.25, -0.2) is 0 Å². The molecule has 0 aliphatic heterocycles. The van der Waals surface area contributed by atoms with E-state index in [0.29, 0.717) is 5.92 Å². The molecule has 0 spiro atoms. The van der Waals surface area contributed by atoms with Gasteiger partial charge in [-0.05, 0) is 49.5 Å². The summed E-state index contributed by atoms with van der Waals surface area (Å²) in [5.41, 5.74) is 5.93. The first-order valence-corrected chi connectivity index (χ1v) is 8.71. The molecule has 2 aliphatic rings. The summed E-state index contributed by atoms with van der Waals surface area (Å²) in [6.07, 6.45) is 7.89. The SMILES string of the molecule is NC1CCC(C(=O)NC(c2cccs2)C2CCCC2)C1. The molecule has 3 atom stereocenters. The highest BCUT2D eigenvalue weighted by molar-refractivity contribution is 7.10. The zero-order chi connectivity index (χ0) is 13.9. The Kier molecular flexibility index (Phi) is 4.41. The largest absolute Gasteiger partial charge is 0.348 e. The van der Waals surface area contributed by atoms with Gasteiger partial charge in [0.15, 0.2) is 0 Å². The highest BCUT2D eigenvalue weighted by atomic mass is 32.1. The molecule has 1 aromatic rings. The van der Waals surface area contributed by atoms with Gasteiger partial charge in [-0.15, -0.1) is 11.3 Å². The Morgan fingerprint density at radius 1 is 1.30 bits per heavy atom. The van der Waals surface area contributed by atoms with E-state index in [4.69, 9.17) is 5.73 Å². The topological polar surface area (TPSA) is 55.1 Å². The van der Waals surface area contributed by atoms with Crippen LogP contribution in [0.5, 0.6) is 0 Å². The van der Waals surface area contributed by atoms with Gasteiger partial charge in [0.25, 0.3) is 0 Å². The van der Waals surface area contributed by atoms with Crippen LogP contribution >= 0.6 is 11.3 Å². The lowest BCUT2D eigenvalue weighted by Gasteiger charge is -2.25. The molecule has 1 aromatic heterocycles. The van der Waals surface area contributed by atoms with Gasteiger partial charge < -0.3 is 11.1 Å². The van der Waals surface area contributed by atoms with Crippen molar-refractivity contribution in [2.45, 2.75) is 57.0 Å². The molecule has 0 bridgehead atoms. The fourth-order valence-corrected chi connectivity index (χ4v) is 4.58. The molecule has 3 rings (SSSR count). The Hall–Kier alpha value is -0.870. The lowest BCUT2D eigenvalue weighted by Crippen LogP contribution is -2.36. The maximum atomic E-state index is 12.5. The summed E-state index contributed by atoms with van der Waals surface area (Å²) in [5, 5.41) is 5.45. The average molecular weight is 292 g/mol. The fraction of sp³-hybridized carbons (Fsp3) is 0.688. The molecule has 3 nitrogen and oxygen atoms in total. The van der Waals surface area contributed by atoms with Gasteiger partial charge in [-0.1, -0.05) is 18.9 Å². The molecule has 0 radical (unpaired) electrons. The standard InChI is InChI=1S/C16H24N2OS/c17-13-8-7-12(10-13)16(19)18-15(11-4-1-2-5-11)14-6-3-9-20-14/h3,6,9,11-13,15H,1-2,4-5,7-8,10,17H2,(H,18,19). The van der Waals surface area contributed by atoms with Crippen LogP contribution in [0.3, 0.4) is 0 Å². The summed E-state index contributed by atoms with van der Waals surface area (Å²) in [6.45, 7) is 0. The van der Waals surface area contributed by atoms with Crippen LogP contribution in [-0.4, -0.2) is 11.9 Å². The second-order valence-electron chi connectivity index (χ2n) is 6.32. The van der Waals surface area contributed by atoms with Crippen molar-refractivity contribution in [2.75, 3.05) is 0 Å². The van der Waals surface area contributed by atoms with Gasteiger partial charge in [0, 0.05) is 16.8 Å². The fourth-order valence-electron chi connectivity index (χ4n) is 3.71. The van der Waals surface area contributed by atoms with Crippen molar-refractivity contribution in [2.24, 2.45) is 17.6 Å². The van der Waals surface area contributed by atoms with E-state index < -0.39 is 0 Å². The molecule has 4 heteroatoms. The predicted molar refractivity (Wildman–Crippen MR) is 82.5 cm³/mol. The van der Waals surface area contributed by atoms with E-state index in [1.807, 2.05) is 0 Å². The van der Waals surface area contributed by atoms with Crippen molar-refractivity contribution >= 4 is 17.2 Å². The number of thiophene rings is 1. The van der Waals surface area contributed by atoms with Gasteiger partial charge >= 0.3 is 0 Å². The van der Waals surface area contributed by atoms with Crippen molar-refractivity contribution in [3.63, 3.8) is 0 Å². The van der Waals surface area contributed by atoms with Gasteiger partial charge in [0.2, 0.25) is 5.91 Å². The number of carbonyl (C=O) groups excluding carboxylic acids is 1. The van der Waals surface area contributed by atoms with Crippen molar-refractivity contribution in [1.29, 1.82) is 0 Å². The highest BCUT2D eigenvalue weighted by Crippen LogP contribution is 2.38. The molecular formula is C16H24N2OS. The number of hydrogen-bond donors (Lipinski definition) is 2. The lowest BCUT2D eigenvalue weighted by molar-refractivity contribution is -0.126. The van der Waals surface area contributed by atoms with Crippen LogP contribution < -0.4 is 11.1 Å². The van der Waals surface area contributed by atoms with Crippen molar-refractivity contribution in [3.05, 3.63) is 22.4 Å². The van der Waals surface area contributed by atoms with Crippen LogP contribution in [-0.2, 0) is 4.79 Å². The molecule has 3 unspecified atom stereocenters. The van der Waals surface area contributed by atoms with Gasteiger partial charge in [-0.3, -0.25) is 4.79 Å². The summed E-state index contributed by atoms with van der Waals surface area (Å²) in [4.78, 5) is 13.8. The smallest absolute Gasteiger partial charge is 0.223 e. The van der Waals surface area contributed by atoms with Gasteiger partial charge in [0.05, 0.1) is 6.04 Å². The Bertz CT molecular complexity index is 439. The Balaban J connectivity index is 1.68. The van der Waals surface area contributed by atoms with Gasteiger partial charge in [0.1, 0.15) is 0 Å². The minimum atomic E-state index is 0.133. The van der Waals surface area contributed by atoms with E-state index in [2.05, 4.69) is 22.8 Å². The van der Waals surface area contributed by atoms with E-state index in [1.165, 1.54) is 30.6 Å². The number of nitrogens with one attached hydrogen (secondary N) is 1. The van der Waals surface area contributed by atoms with E-state index in [0.717, 1.165) is 19.3 Å². The first kappa shape index (κ1) is 14.1. The summed E-state index contributed by atoms with van der Waals surface area (Å²) < 4.78 is 0. The second-order valence-corrected chi connectivity index (χ2v) is 7.30. The van der Waals surface area contributed by atoms with Crippen LogP contribution in [0.25, 0.3) is 0 Å². The quantitative estimate of drug-likeness (QED) is 0.895. The third-order valence-electron chi connectivity index (χ3n) is 4.86. The maximum Gasteiger partial charge on any atom is 0.223 e. The third kappa shape index (κ3) is 3.07. The zero-order valence-electron chi connectivity index (χ0n) is 11.9. The van der Waals surface area contributed by atoms with E-state index in [9.17, 15) is 4.79 Å². The van der Waals surface area contributed by atoms with Crippen LogP contribution in [0.15, 0.2) is 17.5 Å². The third-order valence-corrected chi connectivity index (χ3v) is 5.82. The number of hydrogen-bond acceptors (Lipinski definition) is 3. The predicted octanol–water partition coefficient (Wildman–Crippen LogP) is 3.22. The van der Waals surface area contributed by atoms with E-state index in [1.54, 1.807) is 11.3 Å². The maximum absolute atomic E-state index is 12.5. The van der Waals surface area contributed by atoms with Gasteiger partial charge in [-0.2, -0.15) is 0 Å². The number of nitrogens with two attached hydrogens (primary N) is 1. The first-order chi connectivity index (χ1) is 9.74. The summed E-state index contributed by atoms with van der Waals surface area (Å²) in [7, 11) is 0. The van der Waals surface area contributed by atoms with Crippen LogP contribution in [0.4, 0.5) is 0 Å². The van der Waals surface area contributed by atoms with E-state index >= 15 is 0 Å². The number of amides is 1. The molecule has 1 amide bonds. The summed E-state index contributed by atoms with van der Waals surface area (Å²) in [6, 6.07) is 4.69. The number of rotatable bonds is 4. The highest BCUT2D eigenvalue weighted by Gasteiger charge is 2.33. The zero-order valence-corrected chi connectivity index (χ0v) is 12.7. The Morgan fingerprint density at radius 3 is 2.70 bits per heavy atom. The Labute approximate surface area is 124 Å².